The van der Waals surface area contributed by atoms with Crippen molar-refractivity contribution in [3.63, 3.8) is 0 Å². The van der Waals surface area contributed by atoms with Crippen LogP contribution in [0.4, 0.5) is 0 Å². The number of hydrogen-bond acceptors (Lipinski definition) is 3. The van der Waals surface area contributed by atoms with Gasteiger partial charge < -0.3 is 10.4 Å². The van der Waals surface area contributed by atoms with Crippen LogP contribution < -0.4 is 5.32 Å². The van der Waals surface area contributed by atoms with Crippen LogP contribution >= 0.6 is 0 Å². The molecule has 3 nitrogen and oxygen atoms in total. The van der Waals surface area contributed by atoms with Gasteiger partial charge in [-0.25, -0.2) is 0 Å². The van der Waals surface area contributed by atoms with Crippen LogP contribution in [-0.2, 0) is 12.1 Å². The fourth-order valence-corrected chi connectivity index (χ4v) is 3.45. The first kappa shape index (κ1) is 20.0. The number of aryl methyl sites for hydroxylation is 1. The highest BCUT2D eigenvalue weighted by molar-refractivity contribution is 5.84. The highest BCUT2D eigenvalue weighted by Crippen LogP contribution is 2.20. The average Bonchev–Trinajstić information content (AvgIpc) is 3.10. The molecule has 25 heavy (non-hydrogen) atoms. The maximum atomic E-state index is 10.7. The first-order valence-corrected chi connectivity index (χ1v) is 10.2. The Morgan fingerprint density at radius 2 is 1.64 bits per heavy atom. The number of rotatable bonds is 11. The number of aliphatic imine (C=N–C) groups is 1. The Balaban J connectivity index is 1.68. The van der Waals surface area contributed by atoms with Gasteiger partial charge in [0.1, 0.15) is 0 Å². The third-order valence-electron chi connectivity index (χ3n) is 5.10. The summed E-state index contributed by atoms with van der Waals surface area (Å²) >= 11 is 0. The van der Waals surface area contributed by atoms with E-state index in [-0.39, 0.29) is 0 Å². The molecule has 2 N–H and O–H groups in total. The zero-order chi connectivity index (χ0) is 18.0. The fourth-order valence-electron chi connectivity index (χ4n) is 3.45. The summed E-state index contributed by atoms with van der Waals surface area (Å²) in [6.07, 6.45) is 14.0. The normalized spacial score (nSPS) is 16.5. The molecule has 1 aromatic rings. The van der Waals surface area contributed by atoms with Gasteiger partial charge in [0.2, 0.25) is 0 Å². The van der Waals surface area contributed by atoms with Crippen LogP contribution in [0.1, 0.15) is 89.2 Å². The molecular weight excluding hydrogens is 308 g/mol. The molecule has 0 saturated carbocycles. The molecule has 1 atom stereocenters. The molecule has 0 fully saturated rings. The second-order valence-electron chi connectivity index (χ2n) is 7.55. The summed E-state index contributed by atoms with van der Waals surface area (Å²) in [5, 5.41) is 13.9. The summed E-state index contributed by atoms with van der Waals surface area (Å²) < 4.78 is 0. The van der Waals surface area contributed by atoms with Crippen molar-refractivity contribution in [2.45, 2.75) is 90.2 Å². The molecular formula is C22H36N2O. The molecule has 0 bridgehead atoms. The molecule has 1 heterocycles. The minimum atomic E-state index is -1.04. The van der Waals surface area contributed by atoms with Crippen LogP contribution in [0.15, 0.2) is 29.3 Å². The topological polar surface area (TPSA) is 44.6 Å². The van der Waals surface area contributed by atoms with E-state index in [2.05, 4.69) is 29.4 Å². The molecule has 1 unspecified atom stereocenters. The summed E-state index contributed by atoms with van der Waals surface area (Å²) in [5.74, 6) is 0.924. The van der Waals surface area contributed by atoms with Crippen LogP contribution in [0, 0.1) is 0 Å². The lowest BCUT2D eigenvalue weighted by atomic mass is 9.99. The van der Waals surface area contributed by atoms with Crippen LogP contribution in [0.2, 0.25) is 0 Å². The van der Waals surface area contributed by atoms with Gasteiger partial charge in [-0.05, 0) is 31.7 Å². The van der Waals surface area contributed by atoms with Gasteiger partial charge >= 0.3 is 0 Å². The third kappa shape index (κ3) is 7.19. The van der Waals surface area contributed by atoms with Crippen molar-refractivity contribution in [2.24, 2.45) is 4.99 Å². The molecule has 1 aromatic carbocycles. The molecule has 3 heteroatoms. The second-order valence-corrected chi connectivity index (χ2v) is 7.55. The number of amidine groups is 1. The summed E-state index contributed by atoms with van der Waals surface area (Å²) in [4.78, 5) is 4.39. The lowest BCUT2D eigenvalue weighted by Crippen LogP contribution is -2.42. The van der Waals surface area contributed by atoms with E-state index in [0.717, 1.165) is 37.2 Å². The van der Waals surface area contributed by atoms with Crippen LogP contribution in [-0.4, -0.2) is 17.5 Å². The number of nitrogens with one attached hydrogen (secondary N) is 1. The van der Waals surface area contributed by atoms with Crippen molar-refractivity contribution in [1.82, 2.24) is 5.32 Å². The van der Waals surface area contributed by atoms with Gasteiger partial charge in [-0.3, -0.25) is 4.99 Å². The van der Waals surface area contributed by atoms with Crippen molar-refractivity contribution < 1.29 is 5.11 Å². The molecule has 0 aromatic heterocycles. The minimum absolute atomic E-state index is 0.871. The standard InChI is InChI=1S/C22H36N2O/c1-3-4-5-6-7-8-9-10-12-19-14-16-20(17-15-19)22(2,25)24-21-13-11-18-23-21/h14-17,25H,3-13,18H2,1-2H3,(H,23,24). The Morgan fingerprint density at radius 3 is 2.24 bits per heavy atom. The molecule has 0 saturated heterocycles. The summed E-state index contributed by atoms with van der Waals surface area (Å²) in [6.45, 7) is 4.95. The van der Waals surface area contributed by atoms with Crippen LogP contribution in [0.5, 0.6) is 0 Å². The molecule has 0 spiro atoms. The summed E-state index contributed by atoms with van der Waals surface area (Å²) in [6, 6.07) is 8.40. The Bertz CT molecular complexity index is 519. The predicted octanol–water partition coefficient (Wildman–Crippen LogP) is 5.32. The van der Waals surface area contributed by atoms with Crippen molar-refractivity contribution in [3.8, 4) is 0 Å². The molecule has 140 valence electrons. The number of benzene rings is 1. The van der Waals surface area contributed by atoms with E-state index >= 15 is 0 Å². The van der Waals surface area contributed by atoms with Crippen molar-refractivity contribution in [3.05, 3.63) is 35.4 Å². The van der Waals surface area contributed by atoms with E-state index in [9.17, 15) is 5.11 Å². The van der Waals surface area contributed by atoms with Gasteiger partial charge in [0.05, 0.1) is 5.84 Å². The molecule has 1 aliphatic heterocycles. The highest BCUT2D eigenvalue weighted by Gasteiger charge is 2.24. The average molecular weight is 345 g/mol. The number of unbranched alkanes of at least 4 members (excludes halogenated alkanes) is 7. The van der Waals surface area contributed by atoms with E-state index in [0.29, 0.717) is 0 Å². The monoisotopic (exact) mass is 344 g/mol. The maximum Gasteiger partial charge on any atom is 0.159 e. The quantitative estimate of drug-likeness (QED) is 0.422. The Labute approximate surface area is 154 Å². The molecule has 0 radical (unpaired) electrons. The Kier molecular flexibility index (Phi) is 8.47. The summed E-state index contributed by atoms with van der Waals surface area (Å²) in [5.41, 5.74) is 1.23. The van der Waals surface area contributed by atoms with E-state index in [4.69, 9.17) is 0 Å². The zero-order valence-electron chi connectivity index (χ0n) is 16.2. The number of hydrogen-bond donors (Lipinski definition) is 2. The molecule has 1 aliphatic rings. The smallest absolute Gasteiger partial charge is 0.159 e. The maximum absolute atomic E-state index is 10.7. The van der Waals surface area contributed by atoms with Crippen LogP contribution in [0.3, 0.4) is 0 Å². The van der Waals surface area contributed by atoms with Gasteiger partial charge in [0, 0.05) is 18.5 Å². The van der Waals surface area contributed by atoms with Crippen molar-refractivity contribution in [1.29, 1.82) is 0 Å². The Hall–Kier alpha value is -1.35. The van der Waals surface area contributed by atoms with Crippen molar-refractivity contribution in [2.75, 3.05) is 6.54 Å². The lowest BCUT2D eigenvalue weighted by Gasteiger charge is -2.26. The second kappa shape index (κ2) is 10.6. The lowest BCUT2D eigenvalue weighted by molar-refractivity contribution is 0.0406. The first-order valence-electron chi connectivity index (χ1n) is 10.2. The number of nitrogens with zero attached hydrogens (tertiary/aromatic N) is 1. The van der Waals surface area contributed by atoms with Gasteiger partial charge in [0.15, 0.2) is 5.72 Å². The van der Waals surface area contributed by atoms with Crippen molar-refractivity contribution >= 4 is 5.84 Å². The predicted molar refractivity (Wildman–Crippen MR) is 107 cm³/mol. The minimum Gasteiger partial charge on any atom is -0.367 e. The highest BCUT2D eigenvalue weighted by atomic mass is 16.3. The molecule has 0 amide bonds. The van der Waals surface area contributed by atoms with E-state index in [1.807, 2.05) is 12.1 Å². The molecule has 0 aliphatic carbocycles. The largest absolute Gasteiger partial charge is 0.367 e. The zero-order valence-corrected chi connectivity index (χ0v) is 16.2. The number of aliphatic hydroxyl groups is 1. The third-order valence-corrected chi connectivity index (χ3v) is 5.10. The van der Waals surface area contributed by atoms with Gasteiger partial charge in [-0.2, -0.15) is 0 Å². The van der Waals surface area contributed by atoms with E-state index in [1.165, 1.54) is 56.9 Å². The first-order chi connectivity index (χ1) is 12.1. The Morgan fingerprint density at radius 1 is 1.00 bits per heavy atom. The molecule has 2 rings (SSSR count). The fraction of sp³-hybridized carbons (Fsp3) is 0.682. The summed E-state index contributed by atoms with van der Waals surface area (Å²) in [7, 11) is 0. The van der Waals surface area contributed by atoms with Gasteiger partial charge in [-0.1, -0.05) is 76.1 Å². The van der Waals surface area contributed by atoms with E-state index < -0.39 is 5.72 Å². The van der Waals surface area contributed by atoms with E-state index in [1.54, 1.807) is 6.92 Å². The SMILES string of the molecule is CCCCCCCCCCc1ccc(C(C)(O)NC2=NCCC2)cc1. The van der Waals surface area contributed by atoms with Crippen LogP contribution in [0.25, 0.3) is 0 Å². The van der Waals surface area contributed by atoms with Gasteiger partial charge in [0.25, 0.3) is 0 Å². The van der Waals surface area contributed by atoms with Gasteiger partial charge in [-0.15, -0.1) is 0 Å².